The lowest BCUT2D eigenvalue weighted by Gasteiger charge is -2.25. The minimum Gasteiger partial charge on any atom is -0.309 e. The van der Waals surface area contributed by atoms with Crippen LogP contribution in [0.2, 0.25) is 0 Å². The van der Waals surface area contributed by atoms with Crippen LogP contribution < -0.4 is 0 Å². The topological polar surface area (TPSA) is 35.6 Å². The van der Waals surface area contributed by atoms with Gasteiger partial charge in [0, 0.05) is 57.7 Å². The van der Waals surface area contributed by atoms with E-state index in [0.29, 0.717) is 0 Å². The molecule has 11 aromatic rings. The Bertz CT molecular complexity index is 3140. The van der Waals surface area contributed by atoms with Gasteiger partial charge in [-0.25, -0.2) is 0 Å². The molecule has 1 aliphatic carbocycles. The average molecular weight is 713 g/mol. The van der Waals surface area contributed by atoms with Gasteiger partial charge in [0.2, 0.25) is 0 Å². The van der Waals surface area contributed by atoms with Gasteiger partial charge >= 0.3 is 0 Å². The first kappa shape index (κ1) is 30.9. The Morgan fingerprint density at radius 1 is 0.304 bits per heavy atom. The molecule has 0 fully saturated rings. The van der Waals surface area contributed by atoms with E-state index in [1.165, 1.54) is 60.8 Å². The van der Waals surface area contributed by atoms with Crippen molar-refractivity contribution in [2.45, 2.75) is 0 Å². The summed E-state index contributed by atoms with van der Waals surface area (Å²) in [7, 11) is 0. The van der Waals surface area contributed by atoms with E-state index in [-0.39, 0.29) is 0 Å². The highest BCUT2D eigenvalue weighted by molar-refractivity contribution is 6.11. The van der Waals surface area contributed by atoms with Gasteiger partial charge in [-0.2, -0.15) is 0 Å². The highest BCUT2D eigenvalue weighted by Crippen LogP contribution is 2.51. The lowest BCUT2D eigenvalue weighted by Crippen LogP contribution is -2.02. The summed E-state index contributed by atoms with van der Waals surface area (Å²) in [6, 6.07) is 62.2. The molecule has 0 saturated carbocycles. The number of nitrogens with zero attached hydrogens (tertiary/aromatic N) is 4. The molecule has 0 amide bonds. The lowest BCUT2D eigenvalue weighted by atomic mass is 9.78. The smallest absolute Gasteiger partial charge is 0.0571 e. The van der Waals surface area contributed by atoms with Crippen LogP contribution in [0.25, 0.3) is 111 Å². The summed E-state index contributed by atoms with van der Waals surface area (Å²) in [4.78, 5) is 9.12. The van der Waals surface area contributed by atoms with Gasteiger partial charge in [0.25, 0.3) is 0 Å². The second kappa shape index (κ2) is 12.0. The Kier molecular flexibility index (Phi) is 6.60. The van der Waals surface area contributed by atoms with Crippen LogP contribution in [-0.4, -0.2) is 19.1 Å². The van der Waals surface area contributed by atoms with E-state index >= 15 is 0 Å². The molecule has 12 rings (SSSR count). The average Bonchev–Trinajstić information content (AvgIpc) is 3.79. The maximum Gasteiger partial charge on any atom is 0.0571 e. The molecule has 4 heterocycles. The van der Waals surface area contributed by atoms with Gasteiger partial charge in [0.1, 0.15) is 0 Å². The molecule has 0 aliphatic heterocycles. The minimum absolute atomic E-state index is 1.08. The molecule has 0 radical (unpaired) electrons. The molecule has 4 aromatic heterocycles. The van der Waals surface area contributed by atoms with Crippen molar-refractivity contribution in [3.05, 3.63) is 195 Å². The van der Waals surface area contributed by atoms with Crippen LogP contribution in [-0.2, 0) is 0 Å². The summed E-state index contributed by atoms with van der Waals surface area (Å²) in [6.45, 7) is 0. The molecule has 0 unspecified atom stereocenters. The summed E-state index contributed by atoms with van der Waals surface area (Å²) < 4.78 is 4.81. The van der Waals surface area contributed by atoms with Crippen LogP contribution in [0.5, 0.6) is 0 Å². The van der Waals surface area contributed by atoms with Gasteiger partial charge in [-0.15, -0.1) is 0 Å². The van der Waals surface area contributed by atoms with Gasteiger partial charge in [0.15, 0.2) is 0 Å². The number of rotatable bonds is 3. The van der Waals surface area contributed by atoms with Crippen LogP contribution in [0.3, 0.4) is 0 Å². The highest BCUT2D eigenvalue weighted by atomic mass is 15.0. The van der Waals surface area contributed by atoms with Crippen molar-refractivity contribution in [3.8, 4) is 67.0 Å². The maximum absolute atomic E-state index is 4.56. The van der Waals surface area contributed by atoms with Crippen LogP contribution >= 0.6 is 0 Å². The van der Waals surface area contributed by atoms with E-state index in [2.05, 4.69) is 189 Å². The SMILES string of the molecule is c1ccc2c(c1)-c1ccccc1-c1cccc(-c3cc(-n4c5ccccc5c5cnccc54)cc(-n4c5ccccc5c5cnccc54)c3)c1-c1ccccc1-2. The standard InChI is InChI=1S/C52H32N4/c1-2-13-38-37(12-1)39-14-3-4-15-41(39)45-21-11-20-36(52(45)44-19-6-5-16-40(38)44)33-28-34(55-48-22-9-7-17-42(48)46-31-53-26-24-50(46)55)30-35(29-33)56-49-23-10-8-18-43(49)47-32-54-27-25-51(47)56/h1-32H. The summed E-state index contributed by atoms with van der Waals surface area (Å²) in [5.74, 6) is 0. The van der Waals surface area contributed by atoms with E-state index in [4.69, 9.17) is 0 Å². The van der Waals surface area contributed by atoms with Crippen molar-refractivity contribution >= 4 is 43.6 Å². The summed E-state index contributed by atoms with van der Waals surface area (Å²) in [5.41, 5.74) is 18.9. The molecule has 4 nitrogen and oxygen atoms in total. The Balaban J connectivity index is 1.23. The van der Waals surface area contributed by atoms with E-state index in [0.717, 1.165) is 49.8 Å². The minimum atomic E-state index is 1.08. The van der Waals surface area contributed by atoms with E-state index < -0.39 is 0 Å². The van der Waals surface area contributed by atoms with Crippen LogP contribution in [0, 0.1) is 0 Å². The molecule has 1 aliphatic rings. The maximum atomic E-state index is 4.56. The van der Waals surface area contributed by atoms with Crippen molar-refractivity contribution in [3.63, 3.8) is 0 Å². The Hall–Kier alpha value is -7.56. The third-order valence-corrected chi connectivity index (χ3v) is 11.7. The predicted octanol–water partition coefficient (Wildman–Crippen LogP) is 13.3. The van der Waals surface area contributed by atoms with Gasteiger partial charge in [-0.1, -0.05) is 127 Å². The molecule has 0 atom stereocenters. The fourth-order valence-electron chi connectivity index (χ4n) is 9.35. The van der Waals surface area contributed by atoms with E-state index in [9.17, 15) is 0 Å². The number of benzene rings is 7. The van der Waals surface area contributed by atoms with Gasteiger partial charge in [-0.05, 0) is 98.1 Å². The van der Waals surface area contributed by atoms with Crippen molar-refractivity contribution in [2.75, 3.05) is 0 Å². The zero-order valence-electron chi connectivity index (χ0n) is 30.3. The van der Waals surface area contributed by atoms with Crippen LogP contribution in [0.4, 0.5) is 0 Å². The molecule has 260 valence electrons. The molecule has 0 saturated heterocycles. The van der Waals surface area contributed by atoms with Crippen molar-refractivity contribution < 1.29 is 0 Å². The summed E-state index contributed by atoms with van der Waals surface area (Å²) >= 11 is 0. The second-order valence-electron chi connectivity index (χ2n) is 14.6. The number of para-hydroxylation sites is 2. The molecule has 4 heteroatoms. The van der Waals surface area contributed by atoms with Gasteiger partial charge in [-0.3, -0.25) is 9.97 Å². The molecular weight excluding hydrogens is 681 g/mol. The number of fused-ring (bicyclic) bond motifs is 14. The first-order valence-electron chi connectivity index (χ1n) is 19.1. The van der Waals surface area contributed by atoms with Gasteiger partial charge in [0.05, 0.1) is 22.1 Å². The molecule has 7 aromatic carbocycles. The molecule has 0 spiro atoms. The Morgan fingerprint density at radius 3 is 1.23 bits per heavy atom. The van der Waals surface area contributed by atoms with Crippen molar-refractivity contribution in [2.24, 2.45) is 0 Å². The number of pyridine rings is 2. The first-order valence-corrected chi connectivity index (χ1v) is 19.1. The fraction of sp³-hybridized carbons (Fsp3) is 0. The van der Waals surface area contributed by atoms with Crippen LogP contribution in [0.15, 0.2) is 195 Å². The fourth-order valence-corrected chi connectivity index (χ4v) is 9.35. The first-order chi connectivity index (χ1) is 27.8. The van der Waals surface area contributed by atoms with Gasteiger partial charge < -0.3 is 9.13 Å². The number of hydrogen-bond donors (Lipinski definition) is 0. The third-order valence-electron chi connectivity index (χ3n) is 11.7. The zero-order chi connectivity index (χ0) is 36.7. The van der Waals surface area contributed by atoms with Crippen LogP contribution in [0.1, 0.15) is 0 Å². The highest BCUT2D eigenvalue weighted by Gasteiger charge is 2.25. The van der Waals surface area contributed by atoms with Crippen molar-refractivity contribution in [1.29, 1.82) is 0 Å². The number of hydrogen-bond acceptors (Lipinski definition) is 2. The monoisotopic (exact) mass is 712 g/mol. The Morgan fingerprint density at radius 2 is 0.696 bits per heavy atom. The summed E-state index contributed by atoms with van der Waals surface area (Å²) in [5, 5.41) is 4.62. The third kappa shape index (κ3) is 4.41. The number of aromatic nitrogens is 4. The second-order valence-corrected chi connectivity index (χ2v) is 14.6. The molecule has 0 N–H and O–H groups in total. The van der Waals surface area contributed by atoms with E-state index in [1.54, 1.807) is 0 Å². The molecular formula is C52H32N4. The Labute approximate surface area is 323 Å². The molecule has 56 heavy (non-hydrogen) atoms. The normalized spacial score (nSPS) is 11.9. The zero-order valence-corrected chi connectivity index (χ0v) is 30.3. The summed E-state index contributed by atoms with van der Waals surface area (Å²) in [6.07, 6.45) is 7.78. The molecule has 0 bridgehead atoms. The van der Waals surface area contributed by atoms with E-state index in [1.807, 2.05) is 24.8 Å². The quantitative estimate of drug-likeness (QED) is 0.183. The lowest BCUT2D eigenvalue weighted by molar-refractivity contribution is 1.13. The van der Waals surface area contributed by atoms with Crippen molar-refractivity contribution in [1.82, 2.24) is 19.1 Å². The largest absolute Gasteiger partial charge is 0.309 e. The predicted molar refractivity (Wildman–Crippen MR) is 231 cm³/mol.